The van der Waals surface area contributed by atoms with Gasteiger partial charge in [0.15, 0.2) is 16.7 Å². The average molecular weight is 277 g/mol. The van der Waals surface area contributed by atoms with Gasteiger partial charge in [0.25, 0.3) is 0 Å². The van der Waals surface area contributed by atoms with E-state index in [1.165, 1.54) is 0 Å². The Morgan fingerprint density at radius 3 is 2.47 bits per heavy atom. The molecule has 19 heavy (non-hydrogen) atoms. The summed E-state index contributed by atoms with van der Waals surface area (Å²) in [4.78, 5) is 8.79. The number of nitrogens with zero attached hydrogens (tertiary/aromatic N) is 2. The van der Waals surface area contributed by atoms with Crippen LogP contribution in [-0.2, 0) is 0 Å². The molecule has 0 radical (unpaired) electrons. The Kier molecular flexibility index (Phi) is 3.03. The molecule has 2 heterocycles. The van der Waals surface area contributed by atoms with Gasteiger partial charge >= 0.3 is 0 Å². The van der Waals surface area contributed by atoms with E-state index >= 15 is 0 Å². The molecule has 0 spiro atoms. The van der Waals surface area contributed by atoms with E-state index in [1.54, 1.807) is 0 Å². The molecular weight excluding hydrogens is 264 g/mol. The third-order valence-electron chi connectivity index (χ3n) is 3.08. The van der Waals surface area contributed by atoms with E-state index in [0.717, 1.165) is 28.5 Å². The highest BCUT2D eigenvalue weighted by atomic mass is 35.5. The van der Waals surface area contributed by atoms with Gasteiger partial charge in [-0.1, -0.05) is 11.6 Å². The summed E-state index contributed by atoms with van der Waals surface area (Å²) in [6, 6.07) is 5.67. The maximum atomic E-state index is 6.17. The zero-order valence-corrected chi connectivity index (χ0v) is 11.5. The summed E-state index contributed by atoms with van der Waals surface area (Å²) in [7, 11) is 0. The van der Waals surface area contributed by atoms with Gasteiger partial charge in [-0.25, -0.2) is 9.97 Å². The molecule has 0 amide bonds. The van der Waals surface area contributed by atoms with Crippen molar-refractivity contribution in [2.45, 2.75) is 13.8 Å². The predicted molar refractivity (Wildman–Crippen MR) is 72.9 cm³/mol. The van der Waals surface area contributed by atoms with Gasteiger partial charge in [0.2, 0.25) is 0 Å². The van der Waals surface area contributed by atoms with Gasteiger partial charge in [0, 0.05) is 5.56 Å². The fourth-order valence-corrected chi connectivity index (χ4v) is 2.23. The first-order chi connectivity index (χ1) is 9.15. The lowest BCUT2D eigenvalue weighted by Gasteiger charge is -2.19. The van der Waals surface area contributed by atoms with Crippen molar-refractivity contribution in [2.75, 3.05) is 13.2 Å². The third kappa shape index (κ3) is 2.24. The number of benzene rings is 1. The van der Waals surface area contributed by atoms with Crippen LogP contribution >= 0.6 is 11.6 Å². The van der Waals surface area contributed by atoms with Gasteiger partial charge in [-0.05, 0) is 32.0 Å². The maximum absolute atomic E-state index is 6.17. The van der Waals surface area contributed by atoms with Crippen LogP contribution in [0, 0.1) is 13.8 Å². The molecular formula is C14H13ClN2O2. The summed E-state index contributed by atoms with van der Waals surface area (Å²) < 4.78 is 11.1. The molecule has 98 valence electrons. The number of fused-ring (bicyclic) bond motifs is 1. The highest BCUT2D eigenvalue weighted by Crippen LogP contribution is 2.35. The van der Waals surface area contributed by atoms with Crippen molar-refractivity contribution >= 4 is 11.6 Å². The highest BCUT2D eigenvalue weighted by molar-refractivity contribution is 6.31. The van der Waals surface area contributed by atoms with E-state index < -0.39 is 0 Å². The lowest BCUT2D eigenvalue weighted by Crippen LogP contribution is -2.15. The molecule has 0 aliphatic carbocycles. The molecule has 2 aromatic rings. The van der Waals surface area contributed by atoms with E-state index in [0.29, 0.717) is 24.1 Å². The fraction of sp³-hybridized carbons (Fsp3) is 0.286. The molecule has 0 unspecified atom stereocenters. The second-order valence-corrected chi connectivity index (χ2v) is 4.75. The second kappa shape index (κ2) is 4.70. The molecule has 0 N–H and O–H groups in total. The minimum atomic E-state index is 0.403. The minimum Gasteiger partial charge on any atom is -0.486 e. The number of ether oxygens (including phenoxy) is 2. The van der Waals surface area contributed by atoms with Crippen molar-refractivity contribution < 1.29 is 9.47 Å². The van der Waals surface area contributed by atoms with Crippen LogP contribution in [0.3, 0.4) is 0 Å². The molecule has 0 saturated heterocycles. The topological polar surface area (TPSA) is 44.2 Å². The smallest absolute Gasteiger partial charge is 0.162 e. The Bertz CT molecular complexity index is 644. The molecule has 3 rings (SSSR count). The molecule has 5 heteroatoms. The van der Waals surface area contributed by atoms with E-state index in [1.807, 2.05) is 32.0 Å². The Morgan fingerprint density at radius 1 is 1.00 bits per heavy atom. The van der Waals surface area contributed by atoms with Crippen LogP contribution in [0.15, 0.2) is 18.2 Å². The van der Waals surface area contributed by atoms with Crippen LogP contribution in [-0.4, -0.2) is 23.2 Å². The lowest BCUT2D eigenvalue weighted by molar-refractivity contribution is 0.171. The van der Waals surface area contributed by atoms with Crippen LogP contribution in [0.1, 0.15) is 11.4 Å². The first-order valence-corrected chi connectivity index (χ1v) is 6.44. The number of hydrogen-bond donors (Lipinski definition) is 0. The average Bonchev–Trinajstić information content (AvgIpc) is 2.42. The number of aromatic nitrogens is 2. The monoisotopic (exact) mass is 276 g/mol. The molecule has 1 aromatic carbocycles. The van der Waals surface area contributed by atoms with Crippen molar-refractivity contribution in [3.8, 4) is 22.8 Å². The van der Waals surface area contributed by atoms with Crippen LogP contribution in [0.4, 0.5) is 0 Å². The molecule has 1 aromatic heterocycles. The van der Waals surface area contributed by atoms with Crippen molar-refractivity contribution in [2.24, 2.45) is 0 Å². The standard InChI is InChI=1S/C14H13ClN2O2/c1-8-9(2)17-14(15)13(16-8)10-3-4-11-12(7-10)19-6-5-18-11/h3-4,7H,5-6H2,1-2H3. The molecule has 4 nitrogen and oxygen atoms in total. The van der Waals surface area contributed by atoms with Gasteiger partial charge in [-0.2, -0.15) is 0 Å². The number of halogens is 1. The van der Waals surface area contributed by atoms with Crippen LogP contribution in [0.5, 0.6) is 11.5 Å². The third-order valence-corrected chi connectivity index (χ3v) is 3.34. The number of rotatable bonds is 1. The summed E-state index contributed by atoms with van der Waals surface area (Å²) in [5.74, 6) is 1.47. The van der Waals surface area contributed by atoms with Gasteiger partial charge in [0.1, 0.15) is 18.9 Å². The molecule has 1 aliphatic rings. The Hall–Kier alpha value is -1.81. The van der Waals surface area contributed by atoms with Gasteiger partial charge in [0.05, 0.1) is 11.4 Å². The van der Waals surface area contributed by atoms with E-state index in [9.17, 15) is 0 Å². The van der Waals surface area contributed by atoms with Crippen LogP contribution in [0.2, 0.25) is 5.15 Å². The number of aryl methyl sites for hydroxylation is 2. The normalized spacial score (nSPS) is 13.4. The summed E-state index contributed by atoms with van der Waals surface area (Å²) >= 11 is 6.17. The summed E-state index contributed by atoms with van der Waals surface area (Å²) in [5.41, 5.74) is 3.26. The first-order valence-electron chi connectivity index (χ1n) is 6.06. The summed E-state index contributed by atoms with van der Waals surface area (Å²) in [5, 5.41) is 0.403. The van der Waals surface area contributed by atoms with Gasteiger partial charge in [-0.3, -0.25) is 0 Å². The molecule has 0 fully saturated rings. The predicted octanol–water partition coefficient (Wildman–Crippen LogP) is 3.19. The second-order valence-electron chi connectivity index (χ2n) is 4.39. The number of hydrogen-bond acceptors (Lipinski definition) is 4. The van der Waals surface area contributed by atoms with Crippen molar-refractivity contribution in [3.63, 3.8) is 0 Å². The molecule has 1 aliphatic heterocycles. The Morgan fingerprint density at radius 2 is 1.68 bits per heavy atom. The van der Waals surface area contributed by atoms with E-state index in [-0.39, 0.29) is 0 Å². The molecule has 0 saturated carbocycles. The zero-order chi connectivity index (χ0) is 13.4. The van der Waals surface area contributed by atoms with E-state index in [4.69, 9.17) is 21.1 Å². The van der Waals surface area contributed by atoms with Crippen molar-refractivity contribution in [3.05, 3.63) is 34.7 Å². The summed E-state index contributed by atoms with van der Waals surface area (Å²) in [6.45, 7) is 4.95. The van der Waals surface area contributed by atoms with Crippen molar-refractivity contribution in [1.82, 2.24) is 9.97 Å². The molecule has 0 bridgehead atoms. The van der Waals surface area contributed by atoms with Gasteiger partial charge in [-0.15, -0.1) is 0 Å². The quantitative estimate of drug-likeness (QED) is 0.802. The largest absolute Gasteiger partial charge is 0.486 e. The van der Waals surface area contributed by atoms with Crippen LogP contribution < -0.4 is 9.47 Å². The first kappa shape index (κ1) is 12.2. The zero-order valence-electron chi connectivity index (χ0n) is 10.7. The maximum Gasteiger partial charge on any atom is 0.162 e. The fourth-order valence-electron chi connectivity index (χ4n) is 1.95. The highest BCUT2D eigenvalue weighted by Gasteiger charge is 2.15. The Balaban J connectivity index is 2.09. The van der Waals surface area contributed by atoms with E-state index in [2.05, 4.69) is 9.97 Å². The van der Waals surface area contributed by atoms with Crippen molar-refractivity contribution in [1.29, 1.82) is 0 Å². The summed E-state index contributed by atoms with van der Waals surface area (Å²) in [6.07, 6.45) is 0. The SMILES string of the molecule is Cc1nc(Cl)c(-c2ccc3c(c2)OCCO3)nc1C. The van der Waals surface area contributed by atoms with Gasteiger partial charge < -0.3 is 9.47 Å². The minimum absolute atomic E-state index is 0.403. The molecule has 0 atom stereocenters. The van der Waals surface area contributed by atoms with Crippen LogP contribution in [0.25, 0.3) is 11.3 Å². The Labute approximate surface area is 116 Å². The lowest BCUT2D eigenvalue weighted by atomic mass is 10.1.